The lowest BCUT2D eigenvalue weighted by molar-refractivity contribution is 0.0728. The number of carbonyl (C=O) groups excluding carboxylic acids is 2. The van der Waals surface area contributed by atoms with Gasteiger partial charge in [-0.1, -0.05) is 17.7 Å². The fourth-order valence-electron chi connectivity index (χ4n) is 2.06. The SMILES string of the molecule is CCOc1cc(C=NNC(N)=O)ccc1OC(=O)c1cccc(C)c1. The zero-order valence-electron chi connectivity index (χ0n) is 14.0. The first-order chi connectivity index (χ1) is 12.0. The van der Waals surface area contributed by atoms with Crippen LogP contribution in [0.25, 0.3) is 0 Å². The molecule has 0 saturated heterocycles. The summed E-state index contributed by atoms with van der Waals surface area (Å²) in [7, 11) is 0. The molecule has 7 heteroatoms. The van der Waals surface area contributed by atoms with Crippen molar-refractivity contribution in [2.24, 2.45) is 10.8 Å². The van der Waals surface area contributed by atoms with E-state index in [1.54, 1.807) is 36.4 Å². The molecule has 0 fully saturated rings. The van der Waals surface area contributed by atoms with E-state index in [-0.39, 0.29) is 0 Å². The fraction of sp³-hybridized carbons (Fsp3) is 0.167. The Labute approximate surface area is 145 Å². The van der Waals surface area contributed by atoms with Crippen molar-refractivity contribution in [1.82, 2.24) is 5.43 Å². The van der Waals surface area contributed by atoms with Gasteiger partial charge in [0.1, 0.15) is 0 Å². The molecule has 2 aromatic rings. The van der Waals surface area contributed by atoms with Crippen LogP contribution in [0.3, 0.4) is 0 Å². The normalized spacial score (nSPS) is 10.5. The Morgan fingerprint density at radius 1 is 1.20 bits per heavy atom. The number of primary amides is 1. The molecule has 7 nitrogen and oxygen atoms in total. The van der Waals surface area contributed by atoms with E-state index in [0.717, 1.165) is 5.56 Å². The van der Waals surface area contributed by atoms with E-state index in [1.165, 1.54) is 6.21 Å². The summed E-state index contributed by atoms with van der Waals surface area (Å²) in [6.45, 7) is 4.12. The van der Waals surface area contributed by atoms with Gasteiger partial charge in [-0.25, -0.2) is 15.0 Å². The van der Waals surface area contributed by atoms with Gasteiger partial charge in [-0.2, -0.15) is 5.10 Å². The van der Waals surface area contributed by atoms with Gasteiger partial charge in [0.25, 0.3) is 0 Å². The van der Waals surface area contributed by atoms with Crippen LogP contribution in [0.5, 0.6) is 11.5 Å². The van der Waals surface area contributed by atoms with E-state index < -0.39 is 12.0 Å². The largest absolute Gasteiger partial charge is 0.490 e. The summed E-state index contributed by atoms with van der Waals surface area (Å²) < 4.78 is 11.0. The number of urea groups is 1. The third-order valence-electron chi connectivity index (χ3n) is 3.11. The number of hydrazone groups is 1. The fourth-order valence-corrected chi connectivity index (χ4v) is 2.06. The number of hydrogen-bond acceptors (Lipinski definition) is 5. The monoisotopic (exact) mass is 341 g/mol. The number of hydrogen-bond donors (Lipinski definition) is 2. The van der Waals surface area contributed by atoms with E-state index in [1.807, 2.05) is 19.9 Å². The molecule has 0 aliphatic carbocycles. The van der Waals surface area contributed by atoms with E-state index in [9.17, 15) is 9.59 Å². The second-order valence-electron chi connectivity index (χ2n) is 5.13. The van der Waals surface area contributed by atoms with Crippen LogP contribution in [0.2, 0.25) is 0 Å². The first kappa shape index (κ1) is 18.0. The maximum atomic E-state index is 12.3. The average Bonchev–Trinajstić information content (AvgIpc) is 2.57. The molecule has 3 N–H and O–H groups in total. The number of esters is 1. The lowest BCUT2D eigenvalue weighted by atomic mass is 10.1. The van der Waals surface area contributed by atoms with Gasteiger partial charge < -0.3 is 15.2 Å². The van der Waals surface area contributed by atoms with E-state index in [2.05, 4.69) is 10.5 Å². The van der Waals surface area contributed by atoms with Crippen molar-refractivity contribution in [1.29, 1.82) is 0 Å². The highest BCUT2D eigenvalue weighted by atomic mass is 16.6. The quantitative estimate of drug-likeness (QED) is 0.365. The minimum Gasteiger partial charge on any atom is -0.490 e. The lowest BCUT2D eigenvalue weighted by Crippen LogP contribution is -2.24. The zero-order chi connectivity index (χ0) is 18.2. The van der Waals surface area contributed by atoms with Crippen molar-refractivity contribution in [2.45, 2.75) is 13.8 Å². The van der Waals surface area contributed by atoms with Crippen LogP contribution in [0.4, 0.5) is 4.79 Å². The van der Waals surface area contributed by atoms with E-state index in [0.29, 0.717) is 29.2 Å². The van der Waals surface area contributed by atoms with Gasteiger partial charge in [-0.3, -0.25) is 0 Å². The van der Waals surface area contributed by atoms with Gasteiger partial charge in [-0.05, 0) is 49.7 Å². The van der Waals surface area contributed by atoms with E-state index >= 15 is 0 Å². The van der Waals surface area contributed by atoms with Crippen molar-refractivity contribution < 1.29 is 19.1 Å². The molecule has 2 aromatic carbocycles. The van der Waals surface area contributed by atoms with Gasteiger partial charge in [0.2, 0.25) is 0 Å². The highest BCUT2D eigenvalue weighted by Gasteiger charge is 2.13. The summed E-state index contributed by atoms with van der Waals surface area (Å²) in [4.78, 5) is 22.9. The smallest absolute Gasteiger partial charge is 0.343 e. The van der Waals surface area contributed by atoms with Gasteiger partial charge in [-0.15, -0.1) is 0 Å². The molecule has 0 aliphatic heterocycles. The molecule has 0 radical (unpaired) electrons. The van der Waals surface area contributed by atoms with E-state index in [4.69, 9.17) is 15.2 Å². The van der Waals surface area contributed by atoms with Gasteiger partial charge in [0.15, 0.2) is 11.5 Å². The molecule has 0 aliphatic rings. The average molecular weight is 341 g/mol. The molecule has 130 valence electrons. The number of nitrogens with two attached hydrogens (primary N) is 1. The van der Waals surface area contributed by atoms with Gasteiger partial charge >= 0.3 is 12.0 Å². The van der Waals surface area contributed by atoms with Crippen molar-refractivity contribution >= 4 is 18.2 Å². The second kappa shape index (κ2) is 8.49. The molecule has 25 heavy (non-hydrogen) atoms. The highest BCUT2D eigenvalue weighted by molar-refractivity contribution is 5.91. The van der Waals surface area contributed by atoms with Crippen molar-refractivity contribution in [3.8, 4) is 11.5 Å². The number of carbonyl (C=O) groups is 2. The molecule has 0 saturated carbocycles. The minimum absolute atomic E-state index is 0.299. The van der Waals surface area contributed by atoms with Crippen molar-refractivity contribution in [3.05, 3.63) is 59.2 Å². The van der Waals surface area contributed by atoms with Gasteiger partial charge in [0, 0.05) is 0 Å². The predicted octanol–water partition coefficient (Wildman–Crippen LogP) is 2.62. The maximum Gasteiger partial charge on any atom is 0.343 e. The number of nitrogens with zero attached hydrogens (tertiary/aromatic N) is 1. The standard InChI is InChI=1S/C18H19N3O4/c1-3-24-16-10-13(11-20-21-18(19)23)7-8-15(16)25-17(22)14-6-4-5-12(2)9-14/h4-11H,3H2,1-2H3,(H3,19,21,23). The molecule has 0 spiro atoms. The number of nitrogens with one attached hydrogen (secondary N) is 1. The Balaban J connectivity index is 2.20. The molecule has 0 unspecified atom stereocenters. The summed E-state index contributed by atoms with van der Waals surface area (Å²) in [6.07, 6.45) is 1.40. The Kier molecular flexibility index (Phi) is 6.11. The number of rotatable bonds is 6. The number of amides is 2. The lowest BCUT2D eigenvalue weighted by Gasteiger charge is -2.11. The number of benzene rings is 2. The minimum atomic E-state index is -0.759. The van der Waals surface area contributed by atoms with Crippen LogP contribution < -0.4 is 20.6 Å². The summed E-state index contributed by atoms with van der Waals surface area (Å²) in [5, 5.41) is 3.68. The number of ether oxygens (including phenoxy) is 2. The molecule has 2 amide bonds. The third-order valence-corrected chi connectivity index (χ3v) is 3.11. The predicted molar refractivity (Wildman–Crippen MR) is 94.1 cm³/mol. The van der Waals surface area contributed by atoms with Gasteiger partial charge in [0.05, 0.1) is 18.4 Å². The molecule has 0 bridgehead atoms. The topological polar surface area (TPSA) is 103 Å². The molecular formula is C18H19N3O4. The van der Waals surface area contributed by atoms with Crippen molar-refractivity contribution in [3.63, 3.8) is 0 Å². The van der Waals surface area contributed by atoms with Crippen LogP contribution in [0, 0.1) is 6.92 Å². The summed E-state index contributed by atoms with van der Waals surface area (Å²) in [6, 6.07) is 11.3. The first-order valence-corrected chi connectivity index (χ1v) is 7.63. The third kappa shape index (κ3) is 5.35. The molecule has 0 atom stereocenters. The Morgan fingerprint density at radius 3 is 2.68 bits per heavy atom. The van der Waals surface area contributed by atoms with Crippen LogP contribution in [0.1, 0.15) is 28.4 Å². The Hall–Kier alpha value is -3.35. The van der Waals surface area contributed by atoms with Crippen LogP contribution in [-0.2, 0) is 0 Å². The summed E-state index contributed by atoms with van der Waals surface area (Å²) in [5.41, 5.74) is 9.10. The Bertz CT molecular complexity index is 803. The molecular weight excluding hydrogens is 322 g/mol. The summed E-state index contributed by atoms with van der Waals surface area (Å²) >= 11 is 0. The highest BCUT2D eigenvalue weighted by Crippen LogP contribution is 2.29. The van der Waals surface area contributed by atoms with Crippen LogP contribution >= 0.6 is 0 Å². The van der Waals surface area contributed by atoms with Crippen molar-refractivity contribution in [2.75, 3.05) is 6.61 Å². The molecule has 0 aromatic heterocycles. The second-order valence-corrected chi connectivity index (χ2v) is 5.13. The van der Waals surface area contributed by atoms with Crippen LogP contribution in [-0.4, -0.2) is 24.8 Å². The molecule has 2 rings (SSSR count). The van der Waals surface area contributed by atoms with Crippen LogP contribution in [0.15, 0.2) is 47.6 Å². The number of aryl methyl sites for hydroxylation is 1. The Morgan fingerprint density at radius 2 is 2.00 bits per heavy atom. The molecule has 0 heterocycles. The summed E-state index contributed by atoms with van der Waals surface area (Å²) in [5.74, 6) is 0.223. The first-order valence-electron chi connectivity index (χ1n) is 7.63. The maximum absolute atomic E-state index is 12.3. The zero-order valence-corrected chi connectivity index (χ0v) is 14.0.